The highest BCUT2D eigenvalue weighted by molar-refractivity contribution is 5.91. The van der Waals surface area contributed by atoms with Crippen LogP contribution in [0.25, 0.3) is 0 Å². The fraction of sp³-hybridized carbons (Fsp3) is 0.389. The van der Waals surface area contributed by atoms with Crippen molar-refractivity contribution in [2.24, 2.45) is 10.7 Å². The van der Waals surface area contributed by atoms with E-state index >= 15 is 0 Å². The van der Waals surface area contributed by atoms with E-state index < -0.39 is 12.7 Å². The summed E-state index contributed by atoms with van der Waals surface area (Å²) in [6.07, 6.45) is -0.567. The van der Waals surface area contributed by atoms with Gasteiger partial charge >= 0.3 is 6.18 Å². The second-order valence-corrected chi connectivity index (χ2v) is 5.80. The molecule has 0 atom stereocenters. The molecule has 9 heteroatoms. The highest BCUT2D eigenvalue weighted by Gasteiger charge is 2.26. The van der Waals surface area contributed by atoms with Crippen molar-refractivity contribution in [2.75, 3.05) is 18.5 Å². The van der Waals surface area contributed by atoms with E-state index in [4.69, 9.17) is 10.5 Å². The van der Waals surface area contributed by atoms with Crippen LogP contribution in [0.2, 0.25) is 0 Å². The van der Waals surface area contributed by atoms with E-state index in [0.29, 0.717) is 31.3 Å². The maximum absolute atomic E-state index is 12.1. The molecule has 27 heavy (non-hydrogen) atoms. The highest BCUT2D eigenvalue weighted by Crippen LogP contribution is 2.14. The first kappa shape index (κ1) is 20.6. The molecular formula is C18H22F3N5O. The first-order chi connectivity index (χ1) is 12.9. The van der Waals surface area contributed by atoms with Crippen molar-refractivity contribution in [3.8, 4) is 0 Å². The Bertz CT molecular complexity index is 722. The quantitative estimate of drug-likeness (QED) is 0.395. The minimum atomic E-state index is -4.40. The number of aliphatic imine (C=N–C) groups is 1. The van der Waals surface area contributed by atoms with Gasteiger partial charge in [-0.25, -0.2) is 15.0 Å². The lowest BCUT2D eigenvalue weighted by Gasteiger charge is -2.08. The highest BCUT2D eigenvalue weighted by atomic mass is 19.4. The van der Waals surface area contributed by atoms with E-state index in [1.54, 1.807) is 0 Å². The summed E-state index contributed by atoms with van der Waals surface area (Å²) in [5.74, 6) is 0.543. The van der Waals surface area contributed by atoms with Gasteiger partial charge in [-0.3, -0.25) is 0 Å². The zero-order valence-electron chi connectivity index (χ0n) is 14.7. The number of aromatic nitrogens is 2. The Morgan fingerprint density at radius 1 is 1.15 bits per heavy atom. The van der Waals surface area contributed by atoms with Crippen LogP contribution in [0, 0.1) is 0 Å². The van der Waals surface area contributed by atoms with Crippen LogP contribution in [0.15, 0.2) is 47.6 Å². The lowest BCUT2D eigenvalue weighted by atomic mass is 10.2. The smallest absolute Gasteiger partial charge is 0.377 e. The van der Waals surface area contributed by atoms with Crippen LogP contribution in [0.4, 0.5) is 19.0 Å². The number of anilines is 1. The third-order valence-corrected chi connectivity index (χ3v) is 3.44. The van der Waals surface area contributed by atoms with Crippen molar-refractivity contribution in [2.45, 2.75) is 32.0 Å². The number of hydrogen-bond donors (Lipinski definition) is 2. The zero-order valence-corrected chi connectivity index (χ0v) is 14.7. The maximum atomic E-state index is 12.1. The molecule has 2 rings (SSSR count). The number of aryl methyl sites for hydroxylation is 1. The van der Waals surface area contributed by atoms with Crippen molar-refractivity contribution in [1.29, 1.82) is 0 Å². The number of alkyl halides is 3. The van der Waals surface area contributed by atoms with Gasteiger partial charge in [-0.15, -0.1) is 0 Å². The summed E-state index contributed by atoms with van der Waals surface area (Å²) in [4.78, 5) is 11.6. The van der Waals surface area contributed by atoms with Crippen LogP contribution in [0.5, 0.6) is 0 Å². The molecule has 0 radical (unpaired) electrons. The number of hydrogen-bond acceptors (Lipinski definition) is 4. The van der Waals surface area contributed by atoms with Crippen molar-refractivity contribution in [3.63, 3.8) is 0 Å². The number of nitrogens with zero attached hydrogens (tertiary/aromatic N) is 3. The molecule has 0 aliphatic rings. The predicted octanol–water partition coefficient (Wildman–Crippen LogP) is 3.31. The second-order valence-electron chi connectivity index (χ2n) is 5.80. The number of nitrogens with two attached hydrogens (primary N) is 1. The molecule has 2 aromatic rings. The lowest BCUT2D eigenvalue weighted by molar-refractivity contribution is -0.118. The van der Waals surface area contributed by atoms with Gasteiger partial charge in [-0.05, 0) is 24.5 Å². The first-order valence-corrected chi connectivity index (χ1v) is 8.50. The van der Waals surface area contributed by atoms with Crippen LogP contribution >= 0.6 is 0 Å². The van der Waals surface area contributed by atoms with Gasteiger partial charge in [0, 0.05) is 19.2 Å². The largest absolute Gasteiger partial charge is 0.408 e. The molecule has 0 fully saturated rings. The van der Waals surface area contributed by atoms with E-state index in [9.17, 15) is 13.2 Å². The molecule has 0 saturated heterocycles. The zero-order chi connectivity index (χ0) is 19.5. The summed E-state index contributed by atoms with van der Waals surface area (Å²) in [7, 11) is 0. The molecule has 3 N–H and O–H groups in total. The standard InChI is InChI=1S/C18H22F3N5O/c19-18(20,21)13-24-17(22)26-16-9-10-23-15(25-16)8-4-5-11-27-12-14-6-2-1-3-7-14/h1-3,6-7,9-10H,4-5,8,11-13H2,(H3,22,23,24,25,26). The number of unbranched alkanes of at least 4 members (excludes halogenated alkanes) is 1. The molecular weight excluding hydrogens is 359 g/mol. The van der Waals surface area contributed by atoms with Crippen LogP contribution in [0.3, 0.4) is 0 Å². The summed E-state index contributed by atoms with van der Waals surface area (Å²) in [6, 6.07) is 11.4. The number of rotatable bonds is 9. The monoisotopic (exact) mass is 381 g/mol. The van der Waals surface area contributed by atoms with Crippen molar-refractivity contribution < 1.29 is 17.9 Å². The molecule has 0 saturated carbocycles. The summed E-state index contributed by atoms with van der Waals surface area (Å²) in [5, 5.41) is 2.54. The first-order valence-electron chi connectivity index (χ1n) is 8.50. The topological polar surface area (TPSA) is 85.4 Å². The summed E-state index contributed by atoms with van der Waals surface area (Å²) in [6.45, 7) is -0.135. The third-order valence-electron chi connectivity index (χ3n) is 3.44. The second kappa shape index (κ2) is 10.5. The normalized spacial score (nSPS) is 12.2. The van der Waals surface area contributed by atoms with Crippen molar-refractivity contribution >= 4 is 11.8 Å². The Hall–Kier alpha value is -2.68. The van der Waals surface area contributed by atoms with Crippen LogP contribution in [0.1, 0.15) is 24.2 Å². The fourth-order valence-electron chi connectivity index (χ4n) is 2.19. The Balaban J connectivity index is 1.69. The number of nitrogens with one attached hydrogen (secondary N) is 1. The minimum Gasteiger partial charge on any atom is -0.377 e. The van der Waals surface area contributed by atoms with Crippen molar-refractivity contribution in [1.82, 2.24) is 9.97 Å². The van der Waals surface area contributed by atoms with Gasteiger partial charge in [0.05, 0.1) is 6.61 Å². The van der Waals surface area contributed by atoms with Gasteiger partial charge in [-0.1, -0.05) is 30.3 Å². The van der Waals surface area contributed by atoms with Gasteiger partial charge in [0.25, 0.3) is 0 Å². The minimum absolute atomic E-state index is 0.309. The molecule has 1 aromatic carbocycles. The Kier molecular flexibility index (Phi) is 8.00. The van der Waals surface area contributed by atoms with Gasteiger partial charge in [0.15, 0.2) is 5.96 Å². The van der Waals surface area contributed by atoms with E-state index in [1.165, 1.54) is 12.3 Å². The van der Waals surface area contributed by atoms with Gasteiger partial charge in [0.2, 0.25) is 0 Å². The molecule has 146 valence electrons. The number of halogens is 3. The predicted molar refractivity (Wildman–Crippen MR) is 97.2 cm³/mol. The fourth-order valence-corrected chi connectivity index (χ4v) is 2.19. The number of benzene rings is 1. The lowest BCUT2D eigenvalue weighted by Crippen LogP contribution is -2.26. The SMILES string of the molecule is N/C(=N/CC(F)(F)F)Nc1ccnc(CCCCOCc2ccccc2)n1. The molecule has 0 amide bonds. The average molecular weight is 381 g/mol. The molecule has 1 heterocycles. The van der Waals surface area contributed by atoms with Gasteiger partial charge < -0.3 is 15.8 Å². The van der Waals surface area contributed by atoms with Crippen LogP contribution < -0.4 is 11.1 Å². The van der Waals surface area contributed by atoms with Crippen LogP contribution in [-0.2, 0) is 17.8 Å². The van der Waals surface area contributed by atoms with Gasteiger partial charge in [0.1, 0.15) is 18.2 Å². The maximum Gasteiger partial charge on any atom is 0.408 e. The molecule has 0 bridgehead atoms. The number of guanidine groups is 1. The molecule has 1 aromatic heterocycles. The summed E-state index contributed by atoms with van der Waals surface area (Å²) >= 11 is 0. The van der Waals surface area contributed by atoms with E-state index in [1.807, 2.05) is 30.3 Å². The molecule has 0 aliphatic heterocycles. The van der Waals surface area contributed by atoms with Gasteiger partial charge in [-0.2, -0.15) is 13.2 Å². The van der Waals surface area contributed by atoms with E-state index in [2.05, 4.69) is 20.3 Å². The molecule has 0 unspecified atom stereocenters. The van der Waals surface area contributed by atoms with E-state index in [-0.39, 0.29) is 5.96 Å². The summed E-state index contributed by atoms with van der Waals surface area (Å²) in [5.41, 5.74) is 6.56. The molecule has 0 spiro atoms. The van der Waals surface area contributed by atoms with Crippen molar-refractivity contribution in [3.05, 3.63) is 54.0 Å². The Morgan fingerprint density at radius 3 is 2.67 bits per heavy atom. The molecule has 0 aliphatic carbocycles. The van der Waals surface area contributed by atoms with Crippen LogP contribution in [-0.4, -0.2) is 35.3 Å². The Labute approximate surface area is 155 Å². The average Bonchev–Trinajstić information content (AvgIpc) is 2.63. The van der Waals surface area contributed by atoms with E-state index in [0.717, 1.165) is 18.4 Å². The Morgan fingerprint density at radius 2 is 1.93 bits per heavy atom. The third kappa shape index (κ3) is 9.00. The molecule has 6 nitrogen and oxygen atoms in total. The summed E-state index contributed by atoms with van der Waals surface area (Å²) < 4.78 is 42.0. The number of ether oxygens (including phenoxy) is 1.